The zero-order valence-corrected chi connectivity index (χ0v) is 27.1. The van der Waals surface area contributed by atoms with Crippen molar-refractivity contribution in [3.8, 4) is 11.8 Å². The van der Waals surface area contributed by atoms with Crippen LogP contribution >= 0.6 is 11.6 Å². The third kappa shape index (κ3) is 9.50. The van der Waals surface area contributed by atoms with Gasteiger partial charge in [-0.15, -0.1) is 0 Å². The number of hydrogen-bond donors (Lipinski definition) is 3. The highest BCUT2D eigenvalue weighted by Gasteiger charge is 2.64. The number of esters is 1. The Kier molecular flexibility index (Phi) is 11.3. The highest BCUT2D eigenvalue weighted by molar-refractivity contribution is 6.31. The van der Waals surface area contributed by atoms with Crippen LogP contribution in [0.4, 0.5) is 16.2 Å². The summed E-state index contributed by atoms with van der Waals surface area (Å²) in [5, 5.41) is 18.9. The van der Waals surface area contributed by atoms with Crippen LogP contribution < -0.4 is 20.7 Å². The molecule has 0 atom stereocenters. The number of rotatable bonds is 13. The molecule has 0 aromatic heterocycles. The molecule has 0 aliphatic heterocycles. The second-order valence-corrected chi connectivity index (χ2v) is 13.5. The fourth-order valence-electron chi connectivity index (χ4n) is 5.83. The van der Waals surface area contributed by atoms with E-state index in [1.165, 1.54) is 0 Å². The van der Waals surface area contributed by atoms with Crippen LogP contribution in [-0.4, -0.2) is 49.5 Å². The lowest BCUT2D eigenvalue weighted by Gasteiger charge is -2.63. The SMILES string of the molecule is CC(C)(C)OC(=O)COCCCCCNc1ccc(NC(=O)N[C@H]2C(C)(C)[C@H](Oc3ccc(C#N)c(Cl)c3)C2(C)C)cc1. The third-order valence-corrected chi connectivity index (χ3v) is 7.82. The minimum atomic E-state index is -0.497. The number of urea groups is 1. The molecular weight excluding hydrogens is 568 g/mol. The number of unbranched alkanes of at least 4 members (excludes halogenated alkanes) is 2. The topological polar surface area (TPSA) is 122 Å². The highest BCUT2D eigenvalue weighted by atomic mass is 35.5. The Morgan fingerprint density at radius 1 is 0.977 bits per heavy atom. The Morgan fingerprint density at radius 3 is 2.23 bits per heavy atom. The molecule has 0 saturated heterocycles. The average Bonchev–Trinajstić information content (AvgIpc) is 2.91. The number of benzene rings is 2. The lowest BCUT2D eigenvalue weighted by atomic mass is 9.49. The number of nitrogens with zero attached hydrogens (tertiary/aromatic N) is 1. The molecule has 43 heavy (non-hydrogen) atoms. The van der Waals surface area contributed by atoms with Crippen LogP contribution in [0.15, 0.2) is 42.5 Å². The molecule has 0 heterocycles. The molecule has 3 rings (SSSR count). The van der Waals surface area contributed by atoms with Crippen molar-refractivity contribution in [3.63, 3.8) is 0 Å². The maximum absolute atomic E-state index is 12.9. The number of ether oxygens (including phenoxy) is 3. The molecule has 234 valence electrons. The van der Waals surface area contributed by atoms with Gasteiger partial charge in [0.1, 0.15) is 30.1 Å². The molecule has 2 aromatic carbocycles. The first kappa shape index (κ1) is 34.0. The first-order valence-electron chi connectivity index (χ1n) is 14.7. The van der Waals surface area contributed by atoms with E-state index in [-0.39, 0.29) is 41.6 Å². The van der Waals surface area contributed by atoms with E-state index in [1.54, 1.807) is 18.2 Å². The van der Waals surface area contributed by atoms with Gasteiger partial charge in [-0.25, -0.2) is 9.59 Å². The van der Waals surface area contributed by atoms with E-state index in [0.717, 1.165) is 31.5 Å². The number of hydrogen-bond acceptors (Lipinski definition) is 7. The summed E-state index contributed by atoms with van der Waals surface area (Å²) >= 11 is 6.19. The van der Waals surface area contributed by atoms with Crippen LogP contribution in [0.25, 0.3) is 0 Å². The maximum atomic E-state index is 12.9. The summed E-state index contributed by atoms with van der Waals surface area (Å²) in [7, 11) is 0. The van der Waals surface area contributed by atoms with Gasteiger partial charge in [0.05, 0.1) is 10.6 Å². The third-order valence-electron chi connectivity index (χ3n) is 7.51. The normalized spacial score (nSPS) is 18.5. The number of carbonyl (C=O) groups excluding carboxylic acids is 2. The number of amides is 2. The van der Waals surface area contributed by atoms with Gasteiger partial charge in [0.25, 0.3) is 0 Å². The molecule has 2 aromatic rings. The Bertz CT molecular complexity index is 1280. The summed E-state index contributed by atoms with van der Waals surface area (Å²) in [5.41, 5.74) is 0.870. The molecule has 0 bridgehead atoms. The molecule has 1 fully saturated rings. The molecule has 1 saturated carbocycles. The summed E-state index contributed by atoms with van der Waals surface area (Å²) in [6.45, 7) is 15.1. The molecule has 1 aliphatic rings. The van der Waals surface area contributed by atoms with Gasteiger partial charge in [0.15, 0.2) is 0 Å². The van der Waals surface area contributed by atoms with Crippen molar-refractivity contribution in [2.24, 2.45) is 10.8 Å². The van der Waals surface area contributed by atoms with Crippen molar-refractivity contribution >= 4 is 35.0 Å². The van der Waals surface area contributed by atoms with E-state index in [0.29, 0.717) is 28.6 Å². The first-order chi connectivity index (χ1) is 20.1. The Morgan fingerprint density at radius 2 is 1.63 bits per heavy atom. The van der Waals surface area contributed by atoms with Crippen LogP contribution in [0.3, 0.4) is 0 Å². The van der Waals surface area contributed by atoms with Crippen molar-refractivity contribution < 1.29 is 23.8 Å². The van der Waals surface area contributed by atoms with Crippen LogP contribution in [0.1, 0.15) is 73.3 Å². The van der Waals surface area contributed by atoms with Gasteiger partial charge in [-0.1, -0.05) is 39.3 Å². The predicted molar refractivity (Wildman–Crippen MR) is 170 cm³/mol. The van der Waals surface area contributed by atoms with E-state index in [4.69, 9.17) is 31.1 Å². The fourth-order valence-corrected chi connectivity index (χ4v) is 6.04. The quantitative estimate of drug-likeness (QED) is 0.162. The van der Waals surface area contributed by atoms with Crippen LogP contribution in [-0.2, 0) is 14.3 Å². The van der Waals surface area contributed by atoms with Crippen LogP contribution in [0, 0.1) is 22.2 Å². The molecular formula is C33H45ClN4O5. The predicted octanol–water partition coefficient (Wildman–Crippen LogP) is 7.16. The lowest BCUT2D eigenvalue weighted by Crippen LogP contribution is -2.75. The van der Waals surface area contributed by atoms with Gasteiger partial charge in [-0.2, -0.15) is 5.26 Å². The van der Waals surface area contributed by atoms with Gasteiger partial charge >= 0.3 is 12.0 Å². The summed E-state index contributed by atoms with van der Waals surface area (Å²) in [6, 6.07) is 14.3. The second-order valence-electron chi connectivity index (χ2n) is 13.1. The van der Waals surface area contributed by atoms with Gasteiger partial charge in [0, 0.05) is 47.5 Å². The van der Waals surface area contributed by atoms with Crippen molar-refractivity contribution in [1.82, 2.24) is 5.32 Å². The van der Waals surface area contributed by atoms with E-state index in [9.17, 15) is 9.59 Å². The summed E-state index contributed by atoms with van der Waals surface area (Å²) in [5.74, 6) is 0.252. The molecule has 0 spiro atoms. The smallest absolute Gasteiger partial charge is 0.332 e. The lowest BCUT2D eigenvalue weighted by molar-refractivity contribution is -0.163. The highest BCUT2D eigenvalue weighted by Crippen LogP contribution is 2.55. The van der Waals surface area contributed by atoms with Crippen molar-refractivity contribution in [3.05, 3.63) is 53.1 Å². The van der Waals surface area contributed by atoms with Gasteiger partial charge in [0.2, 0.25) is 0 Å². The second kappa shape index (κ2) is 14.3. The molecule has 3 N–H and O–H groups in total. The standard InChI is InChI=1S/C33H45ClN4O5/c1-31(2,3)43-27(39)21-41-18-10-8-9-17-36-23-12-14-24(15-13-23)37-30(40)38-28-32(4,5)29(33(28,6)7)42-25-16-11-22(20-35)26(34)19-25/h11-16,19,28-29,36H,8-10,17-18,21H2,1-7H3,(H2,37,38,40)/t28-,29-. The minimum absolute atomic E-state index is 0.0192. The molecule has 1 aliphatic carbocycles. The first-order valence-corrected chi connectivity index (χ1v) is 15.1. The Balaban J connectivity index is 1.37. The largest absolute Gasteiger partial charge is 0.489 e. The summed E-state index contributed by atoms with van der Waals surface area (Å²) < 4.78 is 16.9. The van der Waals surface area contributed by atoms with E-state index in [1.807, 2.05) is 45.0 Å². The number of anilines is 2. The molecule has 0 unspecified atom stereocenters. The van der Waals surface area contributed by atoms with Gasteiger partial charge in [-0.05, 0) is 76.4 Å². The van der Waals surface area contributed by atoms with E-state index < -0.39 is 5.60 Å². The number of carbonyl (C=O) groups is 2. The van der Waals surface area contributed by atoms with E-state index >= 15 is 0 Å². The molecule has 9 nitrogen and oxygen atoms in total. The fraction of sp³-hybridized carbons (Fsp3) is 0.545. The summed E-state index contributed by atoms with van der Waals surface area (Å²) in [6.07, 6.45) is 2.63. The zero-order valence-electron chi connectivity index (χ0n) is 26.3. The number of nitrogens with one attached hydrogen (secondary N) is 3. The molecule has 0 radical (unpaired) electrons. The van der Waals surface area contributed by atoms with Crippen molar-refractivity contribution in [2.45, 2.75) is 85.5 Å². The molecule has 2 amide bonds. The van der Waals surface area contributed by atoms with Crippen LogP contribution in [0.5, 0.6) is 5.75 Å². The zero-order chi connectivity index (χ0) is 31.8. The minimum Gasteiger partial charge on any atom is -0.489 e. The average molecular weight is 613 g/mol. The Hall–Kier alpha value is -3.48. The summed E-state index contributed by atoms with van der Waals surface area (Å²) in [4.78, 5) is 24.6. The maximum Gasteiger partial charge on any atom is 0.332 e. The van der Waals surface area contributed by atoms with E-state index in [2.05, 4.69) is 49.7 Å². The van der Waals surface area contributed by atoms with Crippen molar-refractivity contribution in [2.75, 3.05) is 30.4 Å². The molecule has 10 heteroatoms. The van der Waals surface area contributed by atoms with Gasteiger partial charge < -0.3 is 30.2 Å². The van der Waals surface area contributed by atoms with Gasteiger partial charge in [-0.3, -0.25) is 0 Å². The van der Waals surface area contributed by atoms with Crippen molar-refractivity contribution in [1.29, 1.82) is 5.26 Å². The number of nitriles is 1. The van der Waals surface area contributed by atoms with Crippen LogP contribution in [0.2, 0.25) is 5.02 Å². The Labute approximate surface area is 260 Å². The number of halogens is 1. The monoisotopic (exact) mass is 612 g/mol.